The molecule has 2 aromatic rings. The van der Waals surface area contributed by atoms with Crippen molar-refractivity contribution in [2.24, 2.45) is 5.10 Å². The lowest BCUT2D eigenvalue weighted by Crippen LogP contribution is -2.40. The predicted molar refractivity (Wildman–Crippen MR) is 124 cm³/mol. The lowest BCUT2D eigenvalue weighted by molar-refractivity contribution is -0.135. The van der Waals surface area contributed by atoms with E-state index < -0.39 is 0 Å². The van der Waals surface area contributed by atoms with E-state index in [9.17, 15) is 9.18 Å². The van der Waals surface area contributed by atoms with Crippen molar-refractivity contribution >= 4 is 17.6 Å². The number of hydrogen-bond acceptors (Lipinski definition) is 6. The summed E-state index contributed by atoms with van der Waals surface area (Å²) in [5.41, 5.74) is 3.65. The molecule has 1 fully saturated rings. The van der Waals surface area contributed by atoms with E-state index in [-0.39, 0.29) is 17.8 Å². The van der Waals surface area contributed by atoms with Crippen molar-refractivity contribution < 1.29 is 9.18 Å². The molecule has 0 bridgehead atoms. The number of hydrogen-bond donors (Lipinski definition) is 0. The van der Waals surface area contributed by atoms with Crippen molar-refractivity contribution in [3.05, 3.63) is 42.0 Å². The third-order valence-corrected chi connectivity index (χ3v) is 6.13. The van der Waals surface area contributed by atoms with Crippen molar-refractivity contribution in [1.82, 2.24) is 19.9 Å². The molecule has 170 valence electrons. The molecule has 4 rings (SSSR count). The van der Waals surface area contributed by atoms with Crippen LogP contribution in [0.15, 0.2) is 35.6 Å². The maximum Gasteiger partial charge on any atom is 0.225 e. The minimum absolute atomic E-state index is 0.123. The monoisotopic (exact) mass is 438 g/mol. The summed E-state index contributed by atoms with van der Waals surface area (Å²) in [6, 6.07) is 6.26. The number of piperidine rings is 1. The molecule has 7 nitrogen and oxygen atoms in total. The molecule has 1 aromatic carbocycles. The van der Waals surface area contributed by atoms with E-state index in [1.165, 1.54) is 12.1 Å². The van der Waals surface area contributed by atoms with Gasteiger partial charge in [-0.25, -0.2) is 14.4 Å². The van der Waals surface area contributed by atoms with Gasteiger partial charge in [-0.2, -0.15) is 5.10 Å². The fourth-order valence-corrected chi connectivity index (χ4v) is 4.38. The molecular weight excluding hydrogens is 407 g/mol. The molecule has 1 atom stereocenters. The first-order chi connectivity index (χ1) is 15.4. The Bertz CT molecular complexity index is 990. The van der Waals surface area contributed by atoms with Gasteiger partial charge >= 0.3 is 0 Å². The van der Waals surface area contributed by atoms with E-state index >= 15 is 0 Å². The van der Waals surface area contributed by atoms with Crippen LogP contribution in [0.25, 0.3) is 11.1 Å². The van der Waals surface area contributed by atoms with E-state index in [1.54, 1.807) is 18.3 Å². The van der Waals surface area contributed by atoms with Gasteiger partial charge in [-0.05, 0) is 43.9 Å². The summed E-state index contributed by atoms with van der Waals surface area (Å²) >= 11 is 0. The lowest BCUT2D eigenvalue weighted by Gasteiger charge is -2.37. The number of nitrogens with zero attached hydrogens (tertiary/aromatic N) is 6. The zero-order valence-electron chi connectivity index (χ0n) is 19.1. The highest BCUT2D eigenvalue weighted by molar-refractivity contribution is 5.83. The van der Waals surface area contributed by atoms with Crippen LogP contribution >= 0.6 is 0 Å². The minimum atomic E-state index is -0.282. The Morgan fingerprint density at radius 2 is 1.97 bits per heavy atom. The summed E-state index contributed by atoms with van der Waals surface area (Å²) in [4.78, 5) is 26.5. The number of amides is 1. The van der Waals surface area contributed by atoms with Gasteiger partial charge in [0.25, 0.3) is 0 Å². The summed E-state index contributed by atoms with van der Waals surface area (Å²) < 4.78 is 13.5. The van der Waals surface area contributed by atoms with E-state index in [4.69, 9.17) is 4.98 Å². The normalized spacial score (nSPS) is 18.6. The first kappa shape index (κ1) is 22.2. The van der Waals surface area contributed by atoms with Crippen LogP contribution in [0.4, 0.5) is 10.3 Å². The fraction of sp³-hybridized carbons (Fsp3) is 0.500. The molecule has 1 unspecified atom stereocenters. The van der Waals surface area contributed by atoms with Gasteiger partial charge in [-0.3, -0.25) is 9.80 Å². The molecule has 2 aliphatic rings. The van der Waals surface area contributed by atoms with E-state index in [1.807, 2.05) is 35.8 Å². The number of benzene rings is 1. The number of carbonyl (C=O) groups excluding carboxylic acids is 1. The van der Waals surface area contributed by atoms with Crippen LogP contribution in [0.2, 0.25) is 0 Å². The van der Waals surface area contributed by atoms with Crippen molar-refractivity contribution in [3.8, 4) is 11.1 Å². The van der Waals surface area contributed by atoms with Crippen molar-refractivity contribution in [2.45, 2.75) is 45.1 Å². The Labute approximate surface area is 188 Å². The van der Waals surface area contributed by atoms with E-state index in [2.05, 4.69) is 10.1 Å². The molecular formula is C24H31FN6O. The fourth-order valence-electron chi connectivity index (χ4n) is 4.38. The largest absolute Gasteiger partial charge is 0.347 e. The lowest BCUT2D eigenvalue weighted by atomic mass is 9.93. The molecule has 8 heteroatoms. The summed E-state index contributed by atoms with van der Waals surface area (Å²) in [5.74, 6) is 0.450. The van der Waals surface area contributed by atoms with Crippen LogP contribution in [-0.2, 0) is 4.79 Å². The Morgan fingerprint density at radius 1 is 1.19 bits per heavy atom. The van der Waals surface area contributed by atoms with E-state index in [0.29, 0.717) is 18.9 Å². The number of likely N-dealkylation sites (tertiary alicyclic amines) is 1. The highest BCUT2D eigenvalue weighted by atomic mass is 19.1. The van der Waals surface area contributed by atoms with Crippen LogP contribution in [-0.4, -0.2) is 65.2 Å². The van der Waals surface area contributed by atoms with Crippen molar-refractivity contribution in [1.29, 1.82) is 0 Å². The van der Waals surface area contributed by atoms with Crippen LogP contribution in [0, 0.1) is 5.82 Å². The molecule has 2 aliphatic heterocycles. The molecule has 1 aromatic heterocycles. The van der Waals surface area contributed by atoms with E-state index in [0.717, 1.165) is 61.3 Å². The molecule has 0 aliphatic carbocycles. The van der Waals surface area contributed by atoms with Gasteiger partial charge in [-0.1, -0.05) is 12.1 Å². The number of anilines is 1. The maximum atomic E-state index is 13.5. The second-order valence-corrected chi connectivity index (χ2v) is 8.76. The van der Waals surface area contributed by atoms with Gasteiger partial charge < -0.3 is 9.80 Å². The topological polar surface area (TPSA) is 64.9 Å². The molecule has 0 spiro atoms. The Balaban J connectivity index is 1.63. The Morgan fingerprint density at radius 3 is 2.66 bits per heavy atom. The average Bonchev–Trinajstić information content (AvgIpc) is 3.22. The molecule has 0 N–H and O–H groups in total. The summed E-state index contributed by atoms with van der Waals surface area (Å²) in [6.07, 6.45) is 6.07. The molecule has 1 amide bonds. The Kier molecular flexibility index (Phi) is 6.67. The third-order valence-electron chi connectivity index (χ3n) is 6.13. The zero-order chi connectivity index (χ0) is 22.7. The van der Waals surface area contributed by atoms with Gasteiger partial charge in [0, 0.05) is 64.0 Å². The Hall–Kier alpha value is -3.03. The number of halogens is 1. The highest BCUT2D eigenvalue weighted by Gasteiger charge is 2.31. The number of rotatable bonds is 6. The maximum absolute atomic E-state index is 13.5. The van der Waals surface area contributed by atoms with Crippen LogP contribution in [0.1, 0.15) is 50.8 Å². The molecule has 3 heterocycles. The summed E-state index contributed by atoms with van der Waals surface area (Å²) in [6.45, 7) is 4.26. The smallest absolute Gasteiger partial charge is 0.225 e. The third kappa shape index (κ3) is 4.89. The first-order valence-electron chi connectivity index (χ1n) is 11.3. The first-order valence-corrected chi connectivity index (χ1v) is 11.3. The van der Waals surface area contributed by atoms with Gasteiger partial charge in [0.2, 0.25) is 11.9 Å². The van der Waals surface area contributed by atoms with Crippen LogP contribution < -0.4 is 4.90 Å². The van der Waals surface area contributed by atoms with Crippen LogP contribution in [0.5, 0.6) is 0 Å². The van der Waals surface area contributed by atoms with Gasteiger partial charge in [-0.15, -0.1) is 0 Å². The molecule has 0 radical (unpaired) electrons. The van der Waals surface area contributed by atoms with Gasteiger partial charge in [0.05, 0.1) is 11.7 Å². The quantitative estimate of drug-likeness (QED) is 0.685. The predicted octanol–water partition coefficient (Wildman–Crippen LogP) is 3.87. The highest BCUT2D eigenvalue weighted by Crippen LogP contribution is 2.36. The van der Waals surface area contributed by atoms with Crippen LogP contribution in [0.3, 0.4) is 0 Å². The second kappa shape index (κ2) is 9.63. The summed E-state index contributed by atoms with van der Waals surface area (Å²) in [5, 5.41) is 6.49. The molecule has 32 heavy (non-hydrogen) atoms. The van der Waals surface area contributed by atoms with Crippen molar-refractivity contribution in [3.63, 3.8) is 0 Å². The van der Waals surface area contributed by atoms with Crippen molar-refractivity contribution in [2.75, 3.05) is 38.6 Å². The number of carbonyl (C=O) groups is 1. The molecule has 0 saturated carbocycles. The number of aromatic nitrogens is 2. The average molecular weight is 439 g/mol. The minimum Gasteiger partial charge on any atom is -0.347 e. The second-order valence-electron chi connectivity index (χ2n) is 8.76. The SMILES string of the molecule is CC1=NN(CCC(=O)N2CCCCC2c2nc(N(C)C)ncc2-c2ccc(F)cc2)CC1. The van der Waals surface area contributed by atoms with Gasteiger partial charge in [0.1, 0.15) is 5.82 Å². The van der Waals surface area contributed by atoms with Gasteiger partial charge in [0.15, 0.2) is 0 Å². The number of hydrazone groups is 1. The summed E-state index contributed by atoms with van der Waals surface area (Å²) in [7, 11) is 3.80. The zero-order valence-corrected chi connectivity index (χ0v) is 19.1. The molecule has 1 saturated heterocycles. The standard InChI is InChI=1S/C24H31FN6O/c1-17-11-14-30(28-17)15-12-22(32)31-13-5-4-6-21(31)23-20(16-26-24(27-23)29(2)3)18-7-9-19(25)10-8-18/h7-10,16,21H,4-6,11-15H2,1-3H3.